The Hall–Kier alpha value is -1.15. The van der Waals surface area contributed by atoms with Crippen molar-refractivity contribution in [1.29, 1.82) is 0 Å². The van der Waals surface area contributed by atoms with Gasteiger partial charge in [-0.3, -0.25) is 0 Å². The van der Waals surface area contributed by atoms with Gasteiger partial charge in [0, 0.05) is 12.5 Å². The lowest BCUT2D eigenvalue weighted by atomic mass is 10.1. The molecule has 2 heteroatoms. The molecule has 82 valence electrons. The highest BCUT2D eigenvalue weighted by Gasteiger charge is 2.03. The van der Waals surface area contributed by atoms with Gasteiger partial charge >= 0.3 is 0 Å². The molecule has 1 atom stereocenters. The van der Waals surface area contributed by atoms with Crippen molar-refractivity contribution in [1.82, 2.24) is 4.90 Å². The zero-order chi connectivity index (χ0) is 11.1. The number of nitrogens with zero attached hydrogens (tertiary/aromatic N) is 1. The number of carbonyl (C=O) groups excluding carboxylic acids is 1. The first-order valence-electron chi connectivity index (χ1n) is 5.40. The summed E-state index contributed by atoms with van der Waals surface area (Å²) in [4.78, 5) is 12.7. The van der Waals surface area contributed by atoms with Gasteiger partial charge in [0.05, 0.1) is 0 Å². The first-order chi connectivity index (χ1) is 7.22. The maximum atomic E-state index is 10.5. The number of hydrogen-bond acceptors (Lipinski definition) is 2. The van der Waals surface area contributed by atoms with Gasteiger partial charge in [0.1, 0.15) is 6.29 Å². The highest BCUT2D eigenvalue weighted by Crippen LogP contribution is 2.05. The van der Waals surface area contributed by atoms with Gasteiger partial charge in [-0.2, -0.15) is 0 Å². The van der Waals surface area contributed by atoms with Crippen molar-refractivity contribution in [3.8, 4) is 0 Å². The van der Waals surface area contributed by atoms with Crippen LogP contribution in [0.4, 0.5) is 0 Å². The standard InChI is InChI=1S/C13H19NO/c1-12(11-15)8-9-14(2)10-13-6-4-3-5-7-13/h3-7,11-12H,8-10H2,1-2H3. The molecule has 1 aromatic rings. The van der Waals surface area contributed by atoms with E-state index in [9.17, 15) is 4.79 Å². The van der Waals surface area contributed by atoms with Gasteiger partial charge in [0.15, 0.2) is 0 Å². The topological polar surface area (TPSA) is 20.3 Å². The van der Waals surface area contributed by atoms with Crippen molar-refractivity contribution in [2.75, 3.05) is 13.6 Å². The quantitative estimate of drug-likeness (QED) is 0.664. The minimum absolute atomic E-state index is 0.170. The molecule has 1 rings (SSSR count). The first-order valence-corrected chi connectivity index (χ1v) is 5.40. The second kappa shape index (κ2) is 6.36. The van der Waals surface area contributed by atoms with E-state index in [-0.39, 0.29) is 5.92 Å². The molecule has 0 bridgehead atoms. The van der Waals surface area contributed by atoms with Crippen LogP contribution in [0.1, 0.15) is 18.9 Å². The van der Waals surface area contributed by atoms with E-state index in [4.69, 9.17) is 0 Å². The Kier molecular flexibility index (Phi) is 5.05. The molecule has 1 aromatic carbocycles. The van der Waals surface area contributed by atoms with Gasteiger partial charge in [-0.05, 0) is 25.6 Å². The Morgan fingerprint density at radius 3 is 2.60 bits per heavy atom. The first kappa shape index (κ1) is 11.9. The third-order valence-electron chi connectivity index (χ3n) is 2.49. The summed E-state index contributed by atoms with van der Waals surface area (Å²) in [6.45, 7) is 3.88. The molecule has 15 heavy (non-hydrogen) atoms. The highest BCUT2D eigenvalue weighted by atomic mass is 16.1. The minimum atomic E-state index is 0.170. The Morgan fingerprint density at radius 2 is 2.00 bits per heavy atom. The maximum Gasteiger partial charge on any atom is 0.122 e. The molecule has 0 radical (unpaired) electrons. The summed E-state index contributed by atoms with van der Waals surface area (Å²) in [6.07, 6.45) is 1.96. The van der Waals surface area contributed by atoms with Crippen LogP contribution in [-0.2, 0) is 11.3 Å². The molecular formula is C13H19NO. The van der Waals surface area contributed by atoms with Gasteiger partial charge in [-0.25, -0.2) is 0 Å². The largest absolute Gasteiger partial charge is 0.303 e. The Labute approximate surface area is 91.9 Å². The Morgan fingerprint density at radius 1 is 1.33 bits per heavy atom. The van der Waals surface area contributed by atoms with Crippen molar-refractivity contribution in [2.45, 2.75) is 19.9 Å². The van der Waals surface area contributed by atoms with Crippen molar-refractivity contribution >= 4 is 6.29 Å². The van der Waals surface area contributed by atoms with E-state index in [2.05, 4.69) is 36.2 Å². The zero-order valence-electron chi connectivity index (χ0n) is 9.52. The molecule has 0 N–H and O–H groups in total. The second-order valence-electron chi connectivity index (χ2n) is 4.13. The summed E-state index contributed by atoms with van der Waals surface area (Å²) in [5.74, 6) is 0.170. The summed E-state index contributed by atoms with van der Waals surface area (Å²) in [6, 6.07) is 10.4. The van der Waals surface area contributed by atoms with E-state index in [0.29, 0.717) is 0 Å². The monoisotopic (exact) mass is 205 g/mol. The second-order valence-corrected chi connectivity index (χ2v) is 4.13. The van der Waals surface area contributed by atoms with Crippen LogP contribution in [0, 0.1) is 5.92 Å². The molecular weight excluding hydrogens is 186 g/mol. The number of benzene rings is 1. The van der Waals surface area contributed by atoms with Gasteiger partial charge < -0.3 is 9.69 Å². The fourth-order valence-corrected chi connectivity index (χ4v) is 1.47. The van der Waals surface area contributed by atoms with E-state index < -0.39 is 0 Å². The van der Waals surface area contributed by atoms with Crippen LogP contribution in [0.2, 0.25) is 0 Å². The average molecular weight is 205 g/mol. The van der Waals surface area contributed by atoms with Crippen LogP contribution in [-0.4, -0.2) is 24.8 Å². The fraction of sp³-hybridized carbons (Fsp3) is 0.462. The molecule has 1 unspecified atom stereocenters. The molecule has 0 fully saturated rings. The summed E-state index contributed by atoms with van der Waals surface area (Å²) < 4.78 is 0. The van der Waals surface area contributed by atoms with Crippen LogP contribution < -0.4 is 0 Å². The minimum Gasteiger partial charge on any atom is -0.303 e. The summed E-state index contributed by atoms with van der Waals surface area (Å²) in [5.41, 5.74) is 1.32. The molecule has 0 aliphatic rings. The number of aldehydes is 1. The molecule has 0 aliphatic heterocycles. The zero-order valence-corrected chi connectivity index (χ0v) is 9.52. The molecule has 0 aliphatic carbocycles. The van der Waals surface area contributed by atoms with E-state index >= 15 is 0 Å². The predicted molar refractivity (Wildman–Crippen MR) is 62.6 cm³/mol. The summed E-state index contributed by atoms with van der Waals surface area (Å²) in [5, 5.41) is 0. The summed E-state index contributed by atoms with van der Waals surface area (Å²) in [7, 11) is 2.09. The maximum absolute atomic E-state index is 10.5. The van der Waals surface area contributed by atoms with Gasteiger partial charge in [0.25, 0.3) is 0 Å². The molecule has 0 amide bonds. The van der Waals surface area contributed by atoms with Crippen LogP contribution in [0.5, 0.6) is 0 Å². The van der Waals surface area contributed by atoms with Crippen LogP contribution >= 0.6 is 0 Å². The van der Waals surface area contributed by atoms with Gasteiger partial charge in [-0.15, -0.1) is 0 Å². The molecule has 0 aromatic heterocycles. The van der Waals surface area contributed by atoms with Crippen LogP contribution in [0.3, 0.4) is 0 Å². The Balaban J connectivity index is 2.30. The highest BCUT2D eigenvalue weighted by molar-refractivity contribution is 5.52. The van der Waals surface area contributed by atoms with E-state index in [1.54, 1.807) is 0 Å². The third kappa shape index (κ3) is 4.75. The molecule has 0 spiro atoms. The average Bonchev–Trinajstić information content (AvgIpc) is 2.27. The van der Waals surface area contributed by atoms with Crippen molar-refractivity contribution < 1.29 is 4.79 Å². The lowest BCUT2D eigenvalue weighted by Gasteiger charge is -2.17. The molecule has 2 nitrogen and oxygen atoms in total. The van der Waals surface area contributed by atoms with Crippen LogP contribution in [0.25, 0.3) is 0 Å². The smallest absolute Gasteiger partial charge is 0.122 e. The van der Waals surface area contributed by atoms with Gasteiger partial charge in [0.2, 0.25) is 0 Å². The number of hydrogen-bond donors (Lipinski definition) is 0. The lowest BCUT2D eigenvalue weighted by molar-refractivity contribution is -0.110. The lowest BCUT2D eigenvalue weighted by Crippen LogP contribution is -2.21. The number of rotatable bonds is 6. The van der Waals surface area contributed by atoms with Crippen LogP contribution in [0.15, 0.2) is 30.3 Å². The van der Waals surface area contributed by atoms with Crippen molar-refractivity contribution in [3.63, 3.8) is 0 Å². The fourth-order valence-electron chi connectivity index (χ4n) is 1.47. The Bertz CT molecular complexity index is 284. The molecule has 0 saturated carbocycles. The molecule has 0 saturated heterocycles. The van der Waals surface area contributed by atoms with Gasteiger partial charge in [-0.1, -0.05) is 37.3 Å². The normalized spacial score (nSPS) is 12.7. The van der Waals surface area contributed by atoms with E-state index in [0.717, 1.165) is 25.8 Å². The van der Waals surface area contributed by atoms with Crippen molar-refractivity contribution in [3.05, 3.63) is 35.9 Å². The third-order valence-corrected chi connectivity index (χ3v) is 2.49. The SMILES string of the molecule is CC(C=O)CCN(C)Cc1ccccc1. The van der Waals surface area contributed by atoms with Crippen molar-refractivity contribution in [2.24, 2.45) is 5.92 Å². The van der Waals surface area contributed by atoms with E-state index in [1.165, 1.54) is 5.56 Å². The predicted octanol–water partition coefficient (Wildman–Crippen LogP) is 2.34. The van der Waals surface area contributed by atoms with E-state index in [1.807, 2.05) is 13.0 Å². The number of carbonyl (C=O) groups is 1. The molecule has 0 heterocycles. The summed E-state index contributed by atoms with van der Waals surface area (Å²) >= 11 is 0.